The van der Waals surface area contributed by atoms with Gasteiger partial charge in [-0.2, -0.15) is 0 Å². The highest BCUT2D eigenvalue weighted by atomic mass is 16.5. The highest BCUT2D eigenvalue weighted by Crippen LogP contribution is 2.51. The topological polar surface area (TPSA) is 9.23 Å². The number of fused-ring (bicyclic) bond motifs is 4. The van der Waals surface area contributed by atoms with E-state index in [1.165, 1.54) is 65.7 Å². The molecule has 0 aromatic heterocycles. The Morgan fingerprint density at radius 3 is 1.65 bits per heavy atom. The zero-order valence-corrected chi connectivity index (χ0v) is 22.6. The van der Waals surface area contributed by atoms with Crippen molar-refractivity contribution in [2.24, 2.45) is 0 Å². The van der Waals surface area contributed by atoms with Crippen LogP contribution in [0.5, 0.6) is 11.5 Å². The van der Waals surface area contributed by atoms with Crippen LogP contribution in [0.2, 0.25) is 0 Å². The fourth-order valence-electron chi connectivity index (χ4n) is 6.56. The third-order valence-electron chi connectivity index (χ3n) is 8.47. The molecule has 1 heterocycles. The maximum Gasteiger partial charge on any atom is 0.135 e. The standard InChI is InChI=1S/C39H28O/c1-24(2)25-18-20-26(21-19-25)37-28-11-3-5-13-30(28)38(31-14-6-4-12-29(31)37)34-23-22-33-27-10-7-8-16-35(27)40-36-17-9-15-32(34)39(33)36/h3-24H,1-2H3. The minimum atomic E-state index is 0.508. The molecular formula is C39H28O. The Labute approximate surface area is 234 Å². The molecule has 7 aromatic rings. The minimum absolute atomic E-state index is 0.508. The smallest absolute Gasteiger partial charge is 0.135 e. The molecule has 8 rings (SSSR count). The van der Waals surface area contributed by atoms with E-state index in [4.69, 9.17) is 4.74 Å². The van der Waals surface area contributed by atoms with Gasteiger partial charge in [-0.15, -0.1) is 0 Å². The van der Waals surface area contributed by atoms with Crippen molar-refractivity contribution < 1.29 is 4.74 Å². The molecule has 0 N–H and O–H groups in total. The van der Waals surface area contributed by atoms with Crippen LogP contribution in [0, 0.1) is 0 Å². The van der Waals surface area contributed by atoms with Crippen molar-refractivity contribution in [2.75, 3.05) is 0 Å². The molecule has 190 valence electrons. The van der Waals surface area contributed by atoms with Crippen LogP contribution >= 0.6 is 0 Å². The van der Waals surface area contributed by atoms with Gasteiger partial charge in [-0.05, 0) is 78.4 Å². The number of benzene rings is 7. The lowest BCUT2D eigenvalue weighted by Crippen LogP contribution is -1.98. The largest absolute Gasteiger partial charge is 0.456 e. The molecule has 0 spiro atoms. The predicted molar refractivity (Wildman–Crippen MR) is 169 cm³/mol. The average molecular weight is 513 g/mol. The molecule has 0 fully saturated rings. The summed E-state index contributed by atoms with van der Waals surface area (Å²) in [6, 6.07) is 46.3. The van der Waals surface area contributed by atoms with Crippen LogP contribution in [0.4, 0.5) is 0 Å². The van der Waals surface area contributed by atoms with E-state index in [0.717, 1.165) is 17.1 Å². The summed E-state index contributed by atoms with van der Waals surface area (Å²) < 4.78 is 6.42. The van der Waals surface area contributed by atoms with Crippen molar-refractivity contribution in [3.05, 3.63) is 133 Å². The first-order valence-corrected chi connectivity index (χ1v) is 14.1. The molecule has 0 saturated carbocycles. The van der Waals surface area contributed by atoms with Gasteiger partial charge >= 0.3 is 0 Å². The van der Waals surface area contributed by atoms with Gasteiger partial charge in [0.2, 0.25) is 0 Å². The van der Waals surface area contributed by atoms with Gasteiger partial charge in [-0.25, -0.2) is 0 Å². The minimum Gasteiger partial charge on any atom is -0.456 e. The van der Waals surface area contributed by atoms with E-state index in [9.17, 15) is 0 Å². The number of hydrogen-bond acceptors (Lipinski definition) is 1. The van der Waals surface area contributed by atoms with Crippen LogP contribution in [0.1, 0.15) is 25.3 Å². The quantitative estimate of drug-likeness (QED) is 0.214. The lowest BCUT2D eigenvalue weighted by molar-refractivity contribution is 0.487. The number of hydrogen-bond donors (Lipinski definition) is 0. The molecule has 0 saturated heterocycles. The van der Waals surface area contributed by atoms with E-state index in [0.29, 0.717) is 5.92 Å². The van der Waals surface area contributed by atoms with Gasteiger partial charge < -0.3 is 4.74 Å². The lowest BCUT2D eigenvalue weighted by Gasteiger charge is -2.24. The summed E-state index contributed by atoms with van der Waals surface area (Å²) in [4.78, 5) is 0. The van der Waals surface area contributed by atoms with Gasteiger partial charge in [-0.1, -0.05) is 129 Å². The SMILES string of the molecule is CC(C)c1ccc(-c2c3ccccc3c(-c3ccc4c5c(cccc35)Oc3ccccc3-4)c3ccccc23)cc1. The van der Waals surface area contributed by atoms with Crippen molar-refractivity contribution in [3.63, 3.8) is 0 Å². The highest BCUT2D eigenvalue weighted by Gasteiger charge is 2.23. The molecule has 1 nitrogen and oxygen atoms in total. The normalized spacial score (nSPS) is 12.2. The highest BCUT2D eigenvalue weighted by molar-refractivity contribution is 6.24. The molecule has 0 radical (unpaired) electrons. The first kappa shape index (κ1) is 23.0. The third kappa shape index (κ3) is 3.34. The van der Waals surface area contributed by atoms with Crippen LogP contribution in [0.25, 0.3) is 65.7 Å². The van der Waals surface area contributed by atoms with Crippen LogP contribution < -0.4 is 4.74 Å². The molecule has 1 aliphatic rings. The fourth-order valence-corrected chi connectivity index (χ4v) is 6.56. The Balaban J connectivity index is 1.47. The molecule has 1 heteroatoms. The Bertz CT molecular complexity index is 2040. The molecule has 0 bridgehead atoms. The molecular weight excluding hydrogens is 484 g/mol. The van der Waals surface area contributed by atoms with Crippen LogP contribution in [-0.4, -0.2) is 0 Å². The van der Waals surface area contributed by atoms with Crippen molar-refractivity contribution in [3.8, 4) is 44.9 Å². The first-order valence-electron chi connectivity index (χ1n) is 14.1. The van der Waals surface area contributed by atoms with Crippen LogP contribution in [-0.2, 0) is 0 Å². The van der Waals surface area contributed by atoms with Gasteiger partial charge in [0, 0.05) is 10.9 Å². The second kappa shape index (κ2) is 8.83. The van der Waals surface area contributed by atoms with Crippen molar-refractivity contribution in [2.45, 2.75) is 19.8 Å². The Kier molecular flexibility index (Phi) is 5.09. The van der Waals surface area contributed by atoms with E-state index in [1.807, 2.05) is 6.07 Å². The van der Waals surface area contributed by atoms with Gasteiger partial charge in [0.05, 0.1) is 0 Å². The number of ether oxygens (including phenoxy) is 1. The Hall–Kier alpha value is -4.88. The summed E-state index contributed by atoms with van der Waals surface area (Å²) in [5.41, 5.74) is 8.80. The van der Waals surface area contributed by atoms with Crippen molar-refractivity contribution >= 4 is 32.3 Å². The molecule has 0 amide bonds. The summed E-state index contributed by atoms with van der Waals surface area (Å²) >= 11 is 0. The van der Waals surface area contributed by atoms with E-state index >= 15 is 0 Å². The molecule has 40 heavy (non-hydrogen) atoms. The zero-order chi connectivity index (χ0) is 26.8. The second-order valence-electron chi connectivity index (χ2n) is 11.1. The fraction of sp³-hybridized carbons (Fsp3) is 0.0769. The van der Waals surface area contributed by atoms with Crippen LogP contribution in [0.3, 0.4) is 0 Å². The Morgan fingerprint density at radius 1 is 0.425 bits per heavy atom. The van der Waals surface area contributed by atoms with E-state index < -0.39 is 0 Å². The maximum absolute atomic E-state index is 6.42. The molecule has 7 aromatic carbocycles. The summed E-state index contributed by atoms with van der Waals surface area (Å²) in [5.74, 6) is 2.34. The molecule has 0 unspecified atom stereocenters. The van der Waals surface area contributed by atoms with Gasteiger partial charge in [0.15, 0.2) is 0 Å². The van der Waals surface area contributed by atoms with Gasteiger partial charge in [0.1, 0.15) is 11.5 Å². The maximum atomic E-state index is 6.42. The van der Waals surface area contributed by atoms with Crippen molar-refractivity contribution in [1.29, 1.82) is 0 Å². The summed E-state index contributed by atoms with van der Waals surface area (Å²) in [6.45, 7) is 4.50. The summed E-state index contributed by atoms with van der Waals surface area (Å²) in [5, 5.41) is 7.48. The third-order valence-corrected chi connectivity index (χ3v) is 8.47. The first-order chi connectivity index (χ1) is 19.7. The van der Waals surface area contributed by atoms with E-state index in [1.54, 1.807) is 0 Å². The molecule has 0 aliphatic carbocycles. The van der Waals surface area contributed by atoms with Gasteiger partial charge in [-0.3, -0.25) is 0 Å². The van der Waals surface area contributed by atoms with Crippen molar-refractivity contribution in [1.82, 2.24) is 0 Å². The molecule has 0 atom stereocenters. The predicted octanol–water partition coefficient (Wildman–Crippen LogP) is 11.4. The second-order valence-corrected chi connectivity index (χ2v) is 11.1. The number of para-hydroxylation sites is 1. The van der Waals surface area contributed by atoms with Gasteiger partial charge in [0.25, 0.3) is 0 Å². The monoisotopic (exact) mass is 512 g/mol. The van der Waals surface area contributed by atoms with Crippen LogP contribution in [0.15, 0.2) is 127 Å². The zero-order valence-electron chi connectivity index (χ0n) is 22.6. The lowest BCUT2D eigenvalue weighted by atomic mass is 9.83. The molecule has 1 aliphatic heterocycles. The summed E-state index contributed by atoms with van der Waals surface area (Å²) in [7, 11) is 0. The average Bonchev–Trinajstić information content (AvgIpc) is 3.00. The number of rotatable bonds is 3. The Morgan fingerprint density at radius 2 is 0.975 bits per heavy atom. The summed E-state index contributed by atoms with van der Waals surface area (Å²) in [6.07, 6.45) is 0. The van der Waals surface area contributed by atoms with E-state index in [-0.39, 0.29) is 0 Å². The van der Waals surface area contributed by atoms with E-state index in [2.05, 4.69) is 135 Å².